The van der Waals surface area contributed by atoms with Crippen molar-refractivity contribution in [2.75, 3.05) is 5.33 Å². The van der Waals surface area contributed by atoms with E-state index in [1.807, 2.05) is 0 Å². The molecule has 0 radical (unpaired) electrons. The molecule has 0 saturated heterocycles. The zero-order chi connectivity index (χ0) is 13.1. The molecule has 98 valence electrons. The van der Waals surface area contributed by atoms with Crippen LogP contribution in [0.5, 0.6) is 0 Å². The van der Waals surface area contributed by atoms with Crippen LogP contribution in [0.1, 0.15) is 29.6 Å². The molecule has 1 fully saturated rings. The molecule has 2 unspecified atom stereocenters. The second-order valence-corrected chi connectivity index (χ2v) is 5.60. The predicted octanol–water partition coefficient (Wildman–Crippen LogP) is 3.77. The van der Waals surface area contributed by atoms with Crippen LogP contribution in [-0.2, 0) is 0 Å². The summed E-state index contributed by atoms with van der Waals surface area (Å²) in [6.45, 7) is 0. The molecule has 2 atom stereocenters. The van der Waals surface area contributed by atoms with Crippen molar-refractivity contribution < 1.29 is 9.18 Å². The molecule has 5 heteroatoms. The number of amides is 1. The fraction of sp³-hybridized carbons (Fsp3) is 0.462. The average molecular weight is 335 g/mol. The monoisotopic (exact) mass is 333 g/mol. The predicted molar refractivity (Wildman–Crippen MR) is 73.8 cm³/mol. The van der Waals surface area contributed by atoms with Gasteiger partial charge in [-0.25, -0.2) is 4.39 Å². The fourth-order valence-corrected chi connectivity index (χ4v) is 3.36. The van der Waals surface area contributed by atoms with Gasteiger partial charge in [-0.2, -0.15) is 0 Å². The highest BCUT2D eigenvalue weighted by atomic mass is 79.9. The van der Waals surface area contributed by atoms with Gasteiger partial charge >= 0.3 is 0 Å². The zero-order valence-corrected chi connectivity index (χ0v) is 12.1. The van der Waals surface area contributed by atoms with Gasteiger partial charge in [0.15, 0.2) is 0 Å². The van der Waals surface area contributed by atoms with E-state index in [2.05, 4.69) is 21.2 Å². The van der Waals surface area contributed by atoms with Crippen LogP contribution >= 0.6 is 27.5 Å². The number of alkyl halides is 1. The first-order valence-corrected chi connectivity index (χ1v) is 7.43. The maximum Gasteiger partial charge on any atom is 0.253 e. The van der Waals surface area contributed by atoms with Gasteiger partial charge < -0.3 is 5.32 Å². The van der Waals surface area contributed by atoms with Gasteiger partial charge in [-0.3, -0.25) is 4.79 Å². The average Bonchev–Trinajstić information content (AvgIpc) is 2.76. The summed E-state index contributed by atoms with van der Waals surface area (Å²) in [5, 5.41) is 4.02. The first kappa shape index (κ1) is 13.8. The van der Waals surface area contributed by atoms with Gasteiger partial charge in [0.2, 0.25) is 0 Å². The standard InChI is InChI=1S/C13H14BrClFNO/c14-7-8-2-1-3-12(8)17-13(18)10-5-4-9(16)6-11(10)15/h4-6,8,12H,1-3,7H2,(H,17,18). The zero-order valence-electron chi connectivity index (χ0n) is 9.76. The highest BCUT2D eigenvalue weighted by Crippen LogP contribution is 2.28. The van der Waals surface area contributed by atoms with E-state index >= 15 is 0 Å². The molecular weight excluding hydrogens is 321 g/mol. The van der Waals surface area contributed by atoms with E-state index in [-0.39, 0.29) is 17.0 Å². The lowest BCUT2D eigenvalue weighted by molar-refractivity contribution is 0.0930. The molecular formula is C13H14BrClFNO. The molecule has 1 aromatic carbocycles. The molecule has 0 bridgehead atoms. The highest BCUT2D eigenvalue weighted by molar-refractivity contribution is 9.09. The number of halogens is 3. The summed E-state index contributed by atoms with van der Waals surface area (Å²) < 4.78 is 12.9. The quantitative estimate of drug-likeness (QED) is 0.838. The van der Waals surface area contributed by atoms with Crippen LogP contribution in [-0.4, -0.2) is 17.3 Å². The van der Waals surface area contributed by atoms with Crippen LogP contribution < -0.4 is 5.32 Å². The molecule has 0 spiro atoms. The molecule has 1 aliphatic rings. The second kappa shape index (κ2) is 6.02. The van der Waals surface area contributed by atoms with Crippen molar-refractivity contribution in [3.05, 3.63) is 34.6 Å². The van der Waals surface area contributed by atoms with Crippen molar-refractivity contribution in [3.63, 3.8) is 0 Å². The number of rotatable bonds is 3. The summed E-state index contributed by atoms with van der Waals surface area (Å²) in [7, 11) is 0. The topological polar surface area (TPSA) is 29.1 Å². The molecule has 1 aromatic rings. The van der Waals surface area contributed by atoms with Crippen LogP contribution in [0.25, 0.3) is 0 Å². The highest BCUT2D eigenvalue weighted by Gasteiger charge is 2.28. The lowest BCUT2D eigenvalue weighted by Crippen LogP contribution is -2.38. The molecule has 1 aliphatic carbocycles. The minimum absolute atomic E-state index is 0.154. The van der Waals surface area contributed by atoms with Gasteiger partial charge in [0.05, 0.1) is 10.6 Å². The lowest BCUT2D eigenvalue weighted by Gasteiger charge is -2.19. The van der Waals surface area contributed by atoms with Gasteiger partial charge in [0, 0.05) is 11.4 Å². The third-order valence-corrected chi connectivity index (χ3v) is 4.49. The van der Waals surface area contributed by atoms with Crippen molar-refractivity contribution in [3.8, 4) is 0 Å². The third kappa shape index (κ3) is 3.04. The SMILES string of the molecule is O=C(NC1CCCC1CBr)c1ccc(F)cc1Cl. The Labute approximate surface area is 119 Å². The van der Waals surface area contributed by atoms with Crippen LogP contribution in [0, 0.1) is 11.7 Å². The van der Waals surface area contributed by atoms with E-state index in [1.54, 1.807) is 0 Å². The summed E-state index contributed by atoms with van der Waals surface area (Å²) in [5.41, 5.74) is 0.332. The molecule has 0 aromatic heterocycles. The molecule has 0 aliphatic heterocycles. The van der Waals surface area contributed by atoms with E-state index in [0.29, 0.717) is 11.5 Å². The molecule has 2 rings (SSSR count). The van der Waals surface area contributed by atoms with Crippen molar-refractivity contribution in [2.24, 2.45) is 5.92 Å². The Morgan fingerprint density at radius 1 is 1.50 bits per heavy atom. The van der Waals surface area contributed by atoms with Gasteiger partial charge in [-0.1, -0.05) is 34.0 Å². The van der Waals surface area contributed by atoms with Gasteiger partial charge in [0.1, 0.15) is 5.82 Å². The number of hydrogen-bond acceptors (Lipinski definition) is 1. The molecule has 1 saturated carbocycles. The Kier molecular flexibility index (Phi) is 4.62. The Hall–Kier alpha value is -0.610. The van der Waals surface area contributed by atoms with Gasteiger partial charge in [-0.05, 0) is 37.0 Å². The third-order valence-electron chi connectivity index (χ3n) is 3.35. The van der Waals surface area contributed by atoms with Gasteiger partial charge in [0.25, 0.3) is 5.91 Å². The van der Waals surface area contributed by atoms with E-state index in [4.69, 9.17) is 11.6 Å². The lowest BCUT2D eigenvalue weighted by atomic mass is 10.1. The first-order chi connectivity index (χ1) is 8.61. The van der Waals surface area contributed by atoms with Crippen LogP contribution in [0.2, 0.25) is 5.02 Å². The maximum atomic E-state index is 12.9. The number of nitrogens with one attached hydrogen (secondary N) is 1. The normalized spacial score (nSPS) is 23.1. The van der Waals surface area contributed by atoms with Crippen LogP contribution in [0.4, 0.5) is 4.39 Å². The van der Waals surface area contributed by atoms with Crippen molar-refractivity contribution in [1.29, 1.82) is 0 Å². The Bertz CT molecular complexity index is 455. The van der Waals surface area contributed by atoms with Crippen LogP contribution in [0.15, 0.2) is 18.2 Å². The van der Waals surface area contributed by atoms with Gasteiger partial charge in [-0.15, -0.1) is 0 Å². The molecule has 2 nitrogen and oxygen atoms in total. The maximum absolute atomic E-state index is 12.9. The Morgan fingerprint density at radius 3 is 2.94 bits per heavy atom. The Balaban J connectivity index is 2.07. The summed E-state index contributed by atoms with van der Waals surface area (Å²) in [4.78, 5) is 12.1. The number of hydrogen-bond donors (Lipinski definition) is 1. The number of carbonyl (C=O) groups excluding carboxylic acids is 1. The fourth-order valence-electron chi connectivity index (χ4n) is 2.33. The van der Waals surface area contributed by atoms with Crippen molar-refractivity contribution in [1.82, 2.24) is 5.32 Å². The van der Waals surface area contributed by atoms with E-state index in [9.17, 15) is 9.18 Å². The summed E-state index contributed by atoms with van der Waals surface area (Å²) >= 11 is 9.33. The largest absolute Gasteiger partial charge is 0.349 e. The van der Waals surface area contributed by atoms with E-state index < -0.39 is 5.82 Å². The molecule has 1 N–H and O–H groups in total. The molecule has 18 heavy (non-hydrogen) atoms. The number of benzene rings is 1. The second-order valence-electron chi connectivity index (χ2n) is 4.55. The Morgan fingerprint density at radius 2 is 2.28 bits per heavy atom. The molecule has 1 amide bonds. The molecule has 0 heterocycles. The smallest absolute Gasteiger partial charge is 0.253 e. The summed E-state index contributed by atoms with van der Waals surface area (Å²) in [5.74, 6) is -0.193. The number of carbonyl (C=O) groups is 1. The van der Waals surface area contributed by atoms with Crippen LogP contribution in [0.3, 0.4) is 0 Å². The van der Waals surface area contributed by atoms with E-state index in [1.165, 1.54) is 12.1 Å². The summed E-state index contributed by atoms with van der Waals surface area (Å²) in [6, 6.07) is 4.01. The van der Waals surface area contributed by atoms with Crippen molar-refractivity contribution in [2.45, 2.75) is 25.3 Å². The van der Waals surface area contributed by atoms with E-state index in [0.717, 1.165) is 30.7 Å². The summed E-state index contributed by atoms with van der Waals surface area (Å²) in [6.07, 6.45) is 3.23. The minimum atomic E-state index is -0.434. The first-order valence-electron chi connectivity index (χ1n) is 5.93. The minimum Gasteiger partial charge on any atom is -0.349 e. The van der Waals surface area contributed by atoms with Crippen molar-refractivity contribution >= 4 is 33.4 Å².